The Balaban J connectivity index is 1.78. The minimum absolute atomic E-state index is 0.0432. The second kappa shape index (κ2) is 7.32. The summed E-state index contributed by atoms with van der Waals surface area (Å²) < 4.78 is 1.56. The van der Waals surface area contributed by atoms with E-state index in [1.54, 1.807) is 16.7 Å². The first kappa shape index (κ1) is 18.0. The van der Waals surface area contributed by atoms with Crippen LogP contribution in [0.25, 0.3) is 21.9 Å². The van der Waals surface area contributed by atoms with Crippen molar-refractivity contribution in [3.8, 4) is 0 Å². The Morgan fingerprint density at radius 1 is 1.25 bits per heavy atom. The van der Waals surface area contributed by atoms with Gasteiger partial charge in [-0.05, 0) is 11.6 Å². The van der Waals surface area contributed by atoms with Crippen LogP contribution in [0.4, 0.5) is 5.69 Å². The maximum Gasteiger partial charge on any atom is 0.278 e. The van der Waals surface area contributed by atoms with Gasteiger partial charge in [0.15, 0.2) is 5.16 Å². The highest BCUT2D eigenvalue weighted by Crippen LogP contribution is 2.27. The average Bonchev–Trinajstić information content (AvgIpc) is 3.08. The van der Waals surface area contributed by atoms with Gasteiger partial charge in [0.05, 0.1) is 4.92 Å². The molecule has 4 rings (SSSR count). The second-order valence-corrected chi connectivity index (χ2v) is 7.15. The number of nitro benzene ring substituents is 1. The summed E-state index contributed by atoms with van der Waals surface area (Å²) in [6.07, 6.45) is 1.65. The molecule has 7 nitrogen and oxygen atoms in total. The van der Waals surface area contributed by atoms with Crippen molar-refractivity contribution >= 4 is 39.4 Å². The van der Waals surface area contributed by atoms with Crippen molar-refractivity contribution in [3.05, 3.63) is 87.2 Å². The van der Waals surface area contributed by atoms with Gasteiger partial charge in [0, 0.05) is 35.3 Å². The quantitative estimate of drug-likeness (QED) is 0.174. The van der Waals surface area contributed by atoms with Gasteiger partial charge in [0.2, 0.25) is 0 Å². The largest absolute Gasteiger partial charge is 0.349 e. The molecule has 2 aromatic carbocycles. The van der Waals surface area contributed by atoms with Crippen LogP contribution in [0.2, 0.25) is 0 Å². The molecule has 8 heteroatoms. The lowest BCUT2D eigenvalue weighted by molar-refractivity contribution is -0.384. The van der Waals surface area contributed by atoms with Crippen LogP contribution < -0.4 is 5.56 Å². The molecule has 0 spiro atoms. The molecule has 0 aliphatic carbocycles. The molecule has 0 aliphatic heterocycles. The Kier molecular flexibility index (Phi) is 4.70. The number of aromatic nitrogens is 3. The number of nitrogens with zero attached hydrogens (tertiary/aromatic N) is 3. The Morgan fingerprint density at radius 3 is 2.86 bits per heavy atom. The van der Waals surface area contributed by atoms with E-state index in [0.29, 0.717) is 28.5 Å². The van der Waals surface area contributed by atoms with Crippen LogP contribution in [0, 0.1) is 10.1 Å². The number of H-pyrrole nitrogens is 1. The summed E-state index contributed by atoms with van der Waals surface area (Å²) in [5.74, 6) is 0.457. The molecule has 0 fully saturated rings. The zero-order chi connectivity index (χ0) is 19.7. The number of hydrogen-bond acceptors (Lipinski definition) is 5. The van der Waals surface area contributed by atoms with Gasteiger partial charge in [-0.15, -0.1) is 6.58 Å². The van der Waals surface area contributed by atoms with E-state index < -0.39 is 4.92 Å². The smallest absolute Gasteiger partial charge is 0.278 e. The number of nitro groups is 1. The molecule has 28 heavy (non-hydrogen) atoms. The SMILES string of the molecule is C=CCn1c(SCc2cccc([N+](=O)[O-])c2)nc2c([nH]c3ccccc32)c1=O. The summed E-state index contributed by atoms with van der Waals surface area (Å²) in [6, 6.07) is 14.1. The zero-order valence-corrected chi connectivity index (χ0v) is 15.6. The maximum absolute atomic E-state index is 13.0. The van der Waals surface area contributed by atoms with Crippen LogP contribution in [-0.4, -0.2) is 19.5 Å². The van der Waals surface area contributed by atoms with E-state index in [0.717, 1.165) is 16.5 Å². The van der Waals surface area contributed by atoms with Crippen molar-refractivity contribution in [2.45, 2.75) is 17.5 Å². The summed E-state index contributed by atoms with van der Waals surface area (Å²) in [5.41, 5.74) is 2.61. The topological polar surface area (TPSA) is 93.8 Å². The molecule has 0 atom stereocenters. The lowest BCUT2D eigenvalue weighted by atomic mass is 10.2. The first-order chi connectivity index (χ1) is 13.6. The third-order valence-electron chi connectivity index (χ3n) is 4.38. The Bertz CT molecular complexity index is 1280. The number of hydrogen-bond donors (Lipinski definition) is 1. The van der Waals surface area contributed by atoms with E-state index in [2.05, 4.69) is 11.6 Å². The van der Waals surface area contributed by atoms with Crippen LogP contribution in [0.3, 0.4) is 0 Å². The molecule has 140 valence electrons. The number of fused-ring (bicyclic) bond motifs is 3. The highest BCUT2D eigenvalue weighted by Gasteiger charge is 2.15. The van der Waals surface area contributed by atoms with Crippen molar-refractivity contribution in [2.24, 2.45) is 0 Å². The number of benzene rings is 2. The van der Waals surface area contributed by atoms with Crippen molar-refractivity contribution in [3.63, 3.8) is 0 Å². The van der Waals surface area contributed by atoms with E-state index in [1.807, 2.05) is 30.3 Å². The normalized spacial score (nSPS) is 11.1. The van der Waals surface area contributed by atoms with Crippen molar-refractivity contribution in [2.75, 3.05) is 0 Å². The summed E-state index contributed by atoms with van der Waals surface area (Å²) in [4.78, 5) is 31.4. The van der Waals surface area contributed by atoms with Gasteiger partial charge in [-0.1, -0.05) is 48.2 Å². The first-order valence-corrected chi connectivity index (χ1v) is 9.55. The molecule has 0 radical (unpaired) electrons. The van der Waals surface area contributed by atoms with Crippen LogP contribution in [-0.2, 0) is 12.3 Å². The van der Waals surface area contributed by atoms with Crippen LogP contribution in [0.15, 0.2) is 71.1 Å². The maximum atomic E-state index is 13.0. The molecule has 4 aromatic rings. The van der Waals surface area contributed by atoms with Gasteiger partial charge >= 0.3 is 0 Å². The average molecular weight is 392 g/mol. The van der Waals surface area contributed by atoms with E-state index in [1.165, 1.54) is 23.9 Å². The highest BCUT2D eigenvalue weighted by molar-refractivity contribution is 7.98. The van der Waals surface area contributed by atoms with E-state index in [4.69, 9.17) is 4.98 Å². The Labute approximate surface area is 163 Å². The Hall–Kier alpha value is -3.39. The van der Waals surface area contributed by atoms with Crippen LogP contribution in [0.1, 0.15) is 5.56 Å². The minimum atomic E-state index is -0.419. The molecule has 0 aliphatic rings. The van der Waals surface area contributed by atoms with Crippen molar-refractivity contribution in [1.29, 1.82) is 0 Å². The molecule has 0 saturated carbocycles. The minimum Gasteiger partial charge on any atom is -0.349 e. The van der Waals surface area contributed by atoms with Gasteiger partial charge in [0.1, 0.15) is 11.0 Å². The fraction of sp³-hybridized carbons (Fsp3) is 0.100. The molecule has 0 saturated heterocycles. The number of thioether (sulfide) groups is 1. The molecule has 0 amide bonds. The van der Waals surface area contributed by atoms with Crippen molar-refractivity contribution < 1.29 is 4.92 Å². The molecular formula is C20H16N4O3S. The number of non-ortho nitro benzene ring substituents is 1. The fourth-order valence-electron chi connectivity index (χ4n) is 3.08. The molecule has 0 unspecified atom stereocenters. The number of nitrogens with one attached hydrogen (secondary N) is 1. The molecule has 2 heterocycles. The van der Waals surface area contributed by atoms with Crippen LogP contribution in [0.5, 0.6) is 0 Å². The predicted molar refractivity (Wildman–Crippen MR) is 111 cm³/mol. The van der Waals surface area contributed by atoms with Crippen molar-refractivity contribution in [1.82, 2.24) is 14.5 Å². The lowest BCUT2D eigenvalue weighted by Gasteiger charge is -2.10. The zero-order valence-electron chi connectivity index (χ0n) is 14.8. The van der Waals surface area contributed by atoms with Gasteiger partial charge in [0.25, 0.3) is 11.2 Å². The highest BCUT2D eigenvalue weighted by atomic mass is 32.2. The van der Waals surface area contributed by atoms with Gasteiger partial charge in [-0.3, -0.25) is 19.5 Å². The third-order valence-corrected chi connectivity index (χ3v) is 5.42. The van der Waals surface area contributed by atoms with E-state index in [-0.39, 0.29) is 11.2 Å². The summed E-state index contributed by atoms with van der Waals surface area (Å²) >= 11 is 1.37. The predicted octanol–water partition coefficient (Wildman–Crippen LogP) is 4.26. The van der Waals surface area contributed by atoms with E-state index >= 15 is 0 Å². The van der Waals surface area contributed by atoms with E-state index in [9.17, 15) is 14.9 Å². The summed E-state index contributed by atoms with van der Waals surface area (Å²) in [7, 11) is 0. The van der Waals surface area contributed by atoms with Gasteiger partial charge in [-0.25, -0.2) is 4.98 Å². The summed E-state index contributed by atoms with van der Waals surface area (Å²) in [6.45, 7) is 4.06. The monoisotopic (exact) mass is 392 g/mol. The summed E-state index contributed by atoms with van der Waals surface area (Å²) in [5, 5.41) is 12.4. The third kappa shape index (κ3) is 3.18. The number of allylic oxidation sites excluding steroid dienone is 1. The molecular weight excluding hydrogens is 376 g/mol. The lowest BCUT2D eigenvalue weighted by Crippen LogP contribution is -2.22. The standard InChI is InChI=1S/C20H16N4O3S/c1-2-10-23-19(25)18-17(15-8-3-4-9-16(15)21-18)22-20(23)28-12-13-6-5-7-14(11-13)24(26)27/h2-9,11,21H,1,10,12H2. The second-order valence-electron chi connectivity index (χ2n) is 6.21. The molecule has 2 aromatic heterocycles. The Morgan fingerprint density at radius 2 is 2.07 bits per heavy atom. The number of rotatable bonds is 6. The van der Waals surface area contributed by atoms with Gasteiger partial charge in [-0.2, -0.15) is 0 Å². The molecule has 0 bridgehead atoms. The fourth-order valence-corrected chi connectivity index (χ4v) is 4.03. The number of aromatic amines is 1. The first-order valence-electron chi connectivity index (χ1n) is 8.57. The van der Waals surface area contributed by atoms with Crippen LogP contribution >= 0.6 is 11.8 Å². The van der Waals surface area contributed by atoms with Gasteiger partial charge < -0.3 is 4.98 Å². The molecule has 1 N–H and O–H groups in total. The number of para-hydroxylation sites is 1.